The Kier molecular flexibility index (Phi) is 6.66. The molecule has 30 heavy (non-hydrogen) atoms. The van der Waals surface area contributed by atoms with E-state index in [9.17, 15) is 14.4 Å². The van der Waals surface area contributed by atoms with Gasteiger partial charge in [0.15, 0.2) is 0 Å². The van der Waals surface area contributed by atoms with E-state index in [1.54, 1.807) is 16.3 Å². The smallest absolute Gasteiger partial charge is 0.407 e. The molecule has 160 valence electrons. The van der Waals surface area contributed by atoms with Crippen LogP contribution in [0.1, 0.15) is 53.8 Å². The summed E-state index contributed by atoms with van der Waals surface area (Å²) in [7, 11) is 0. The van der Waals surface area contributed by atoms with E-state index in [2.05, 4.69) is 20.6 Å². The highest BCUT2D eigenvalue weighted by Gasteiger charge is 2.28. The number of aromatic nitrogens is 2. The minimum absolute atomic E-state index is 0.0388. The van der Waals surface area contributed by atoms with E-state index in [-0.39, 0.29) is 17.6 Å². The van der Waals surface area contributed by atoms with Crippen LogP contribution in [0.25, 0.3) is 0 Å². The third-order valence-corrected chi connectivity index (χ3v) is 5.31. The number of nitrogens with one attached hydrogen (secondary N) is 2. The molecule has 0 unspecified atom stereocenters. The van der Waals surface area contributed by atoms with Gasteiger partial charge in [-0.2, -0.15) is 0 Å². The Hall–Kier alpha value is -3.01. The van der Waals surface area contributed by atoms with Crippen molar-refractivity contribution in [2.24, 2.45) is 0 Å². The van der Waals surface area contributed by atoms with Crippen molar-refractivity contribution in [2.45, 2.75) is 45.3 Å². The van der Waals surface area contributed by atoms with Crippen LogP contribution in [0.2, 0.25) is 0 Å². The normalized spacial score (nSPS) is 14.8. The van der Waals surface area contributed by atoms with Gasteiger partial charge < -0.3 is 20.3 Å². The van der Waals surface area contributed by atoms with Crippen molar-refractivity contribution in [1.29, 1.82) is 0 Å². The lowest BCUT2D eigenvalue weighted by atomic mass is 10.0. The summed E-state index contributed by atoms with van der Waals surface area (Å²) in [6.45, 7) is 6.46. The molecular weight excluding hydrogens is 406 g/mol. The third kappa shape index (κ3) is 5.76. The Morgan fingerprint density at radius 3 is 2.57 bits per heavy atom. The molecule has 0 aliphatic carbocycles. The summed E-state index contributed by atoms with van der Waals surface area (Å²) in [6.07, 6.45) is 5.11. The van der Waals surface area contributed by atoms with Crippen molar-refractivity contribution in [3.8, 4) is 0 Å². The molecule has 3 rings (SSSR count). The zero-order valence-electron chi connectivity index (χ0n) is 17.2. The number of rotatable bonds is 4. The number of ether oxygens (including phenoxy) is 1. The van der Waals surface area contributed by atoms with Crippen molar-refractivity contribution < 1.29 is 19.1 Å². The number of nitrogens with zero attached hydrogens (tertiary/aromatic N) is 3. The van der Waals surface area contributed by atoms with E-state index in [4.69, 9.17) is 4.74 Å². The minimum Gasteiger partial charge on any atom is -0.444 e. The predicted molar refractivity (Wildman–Crippen MR) is 113 cm³/mol. The first-order valence-electron chi connectivity index (χ1n) is 9.66. The maximum Gasteiger partial charge on any atom is 0.407 e. The molecule has 2 aromatic heterocycles. The molecule has 2 aromatic rings. The molecule has 2 N–H and O–H groups in total. The summed E-state index contributed by atoms with van der Waals surface area (Å²) < 4.78 is 5.28. The summed E-state index contributed by atoms with van der Waals surface area (Å²) >= 11 is 1.27. The minimum atomic E-state index is -0.550. The topological polar surface area (TPSA) is 114 Å². The summed E-state index contributed by atoms with van der Waals surface area (Å²) in [4.78, 5) is 47.3. The fraction of sp³-hybridized carbons (Fsp3) is 0.450. The lowest BCUT2D eigenvalue weighted by Crippen LogP contribution is -2.47. The maximum absolute atomic E-state index is 13.0. The van der Waals surface area contributed by atoms with Gasteiger partial charge in [-0.15, -0.1) is 11.3 Å². The fourth-order valence-corrected chi connectivity index (χ4v) is 3.84. The van der Waals surface area contributed by atoms with E-state index in [0.29, 0.717) is 36.5 Å². The fourth-order valence-electron chi connectivity index (χ4n) is 3.02. The number of anilines is 1. The number of carbonyl (C=O) groups excluding carboxylic acids is 3. The lowest BCUT2D eigenvalue weighted by Gasteiger charge is -2.32. The SMILES string of the molecule is CC(C)(C)OC(=O)NC1CCN(C(=O)c2sccc2NC(=O)c2cnccn2)CC1. The molecule has 0 atom stereocenters. The van der Waals surface area contributed by atoms with Crippen LogP contribution in [0.4, 0.5) is 10.5 Å². The molecule has 0 radical (unpaired) electrons. The van der Waals surface area contributed by atoms with Crippen LogP contribution in [0.15, 0.2) is 30.0 Å². The van der Waals surface area contributed by atoms with E-state index in [1.807, 2.05) is 20.8 Å². The second kappa shape index (κ2) is 9.21. The van der Waals surface area contributed by atoms with Gasteiger partial charge in [-0.05, 0) is 45.1 Å². The summed E-state index contributed by atoms with van der Waals surface area (Å²) in [5.41, 5.74) is 0.0808. The highest BCUT2D eigenvalue weighted by atomic mass is 32.1. The number of hydrogen-bond acceptors (Lipinski definition) is 7. The molecule has 3 amide bonds. The van der Waals surface area contributed by atoms with Crippen LogP contribution in [-0.2, 0) is 4.74 Å². The molecule has 1 fully saturated rings. The second-order valence-electron chi connectivity index (χ2n) is 7.92. The first kappa shape index (κ1) is 21.7. The zero-order chi connectivity index (χ0) is 21.7. The highest BCUT2D eigenvalue weighted by Crippen LogP contribution is 2.26. The summed E-state index contributed by atoms with van der Waals surface area (Å²) in [5, 5.41) is 7.35. The van der Waals surface area contributed by atoms with Gasteiger partial charge in [0.2, 0.25) is 0 Å². The molecule has 10 heteroatoms. The molecule has 0 aromatic carbocycles. The number of carbonyl (C=O) groups is 3. The van der Waals surface area contributed by atoms with Crippen LogP contribution in [-0.4, -0.2) is 57.5 Å². The van der Waals surface area contributed by atoms with Crippen LogP contribution in [0, 0.1) is 0 Å². The summed E-state index contributed by atoms with van der Waals surface area (Å²) in [6, 6.07) is 1.66. The number of amides is 3. The van der Waals surface area contributed by atoms with Gasteiger partial charge in [0.05, 0.1) is 11.9 Å². The Labute approximate surface area is 178 Å². The van der Waals surface area contributed by atoms with Crippen molar-refractivity contribution in [3.63, 3.8) is 0 Å². The number of hydrogen-bond donors (Lipinski definition) is 2. The molecule has 0 saturated carbocycles. The number of alkyl carbamates (subject to hydrolysis) is 1. The lowest BCUT2D eigenvalue weighted by molar-refractivity contribution is 0.0474. The average Bonchev–Trinajstić information content (AvgIpc) is 3.15. The van der Waals surface area contributed by atoms with E-state index >= 15 is 0 Å². The Bertz CT molecular complexity index is 901. The molecule has 0 spiro atoms. The maximum atomic E-state index is 13.0. The second-order valence-corrected chi connectivity index (χ2v) is 8.84. The standard InChI is InChI=1S/C20H25N5O4S/c1-20(2,3)29-19(28)23-13-4-9-25(10-5-13)18(27)16-14(6-11-30-16)24-17(26)15-12-21-7-8-22-15/h6-8,11-13H,4-5,9-10H2,1-3H3,(H,23,28)(H,24,26). The highest BCUT2D eigenvalue weighted by molar-refractivity contribution is 7.12. The molecule has 3 heterocycles. The van der Waals surface area contributed by atoms with Crippen LogP contribution < -0.4 is 10.6 Å². The van der Waals surface area contributed by atoms with Gasteiger partial charge in [-0.1, -0.05) is 0 Å². The third-order valence-electron chi connectivity index (χ3n) is 4.41. The van der Waals surface area contributed by atoms with Gasteiger partial charge >= 0.3 is 6.09 Å². The summed E-state index contributed by atoms with van der Waals surface area (Å²) in [5.74, 6) is -0.564. The number of likely N-dealkylation sites (tertiary alicyclic amines) is 1. The van der Waals surface area contributed by atoms with Crippen molar-refractivity contribution in [1.82, 2.24) is 20.2 Å². The monoisotopic (exact) mass is 431 g/mol. The molecule has 1 aliphatic rings. The van der Waals surface area contributed by atoms with Gasteiger partial charge in [-0.25, -0.2) is 9.78 Å². The number of piperidine rings is 1. The molecular formula is C20H25N5O4S. The predicted octanol–water partition coefficient (Wildman–Crippen LogP) is 2.92. The van der Waals surface area contributed by atoms with Gasteiger partial charge in [0.1, 0.15) is 16.2 Å². The zero-order valence-corrected chi connectivity index (χ0v) is 18.0. The van der Waals surface area contributed by atoms with Crippen molar-refractivity contribution >= 4 is 34.9 Å². The quantitative estimate of drug-likeness (QED) is 0.769. The van der Waals surface area contributed by atoms with Crippen molar-refractivity contribution in [3.05, 3.63) is 40.6 Å². The average molecular weight is 432 g/mol. The van der Waals surface area contributed by atoms with Gasteiger partial charge in [0, 0.05) is 31.5 Å². The largest absolute Gasteiger partial charge is 0.444 e. The molecule has 1 aliphatic heterocycles. The van der Waals surface area contributed by atoms with E-state index in [1.165, 1.54) is 29.9 Å². The van der Waals surface area contributed by atoms with Gasteiger partial charge in [-0.3, -0.25) is 14.6 Å². The molecule has 0 bridgehead atoms. The van der Waals surface area contributed by atoms with E-state index in [0.717, 1.165) is 0 Å². The first-order valence-corrected chi connectivity index (χ1v) is 10.5. The van der Waals surface area contributed by atoms with Crippen LogP contribution >= 0.6 is 11.3 Å². The number of thiophene rings is 1. The first-order chi connectivity index (χ1) is 14.2. The Morgan fingerprint density at radius 1 is 1.20 bits per heavy atom. The Balaban J connectivity index is 1.55. The molecule has 9 nitrogen and oxygen atoms in total. The van der Waals surface area contributed by atoms with Crippen LogP contribution in [0.3, 0.4) is 0 Å². The van der Waals surface area contributed by atoms with E-state index < -0.39 is 17.6 Å². The van der Waals surface area contributed by atoms with Crippen LogP contribution in [0.5, 0.6) is 0 Å². The Morgan fingerprint density at radius 2 is 1.93 bits per heavy atom. The van der Waals surface area contributed by atoms with Crippen molar-refractivity contribution in [2.75, 3.05) is 18.4 Å². The van der Waals surface area contributed by atoms with Gasteiger partial charge in [0.25, 0.3) is 11.8 Å². The molecule has 1 saturated heterocycles.